The van der Waals surface area contributed by atoms with Gasteiger partial charge in [-0.15, -0.1) is 0 Å². The molecule has 0 bridgehead atoms. The fourth-order valence-electron chi connectivity index (χ4n) is 3.86. The van der Waals surface area contributed by atoms with E-state index in [-0.39, 0.29) is 11.4 Å². The van der Waals surface area contributed by atoms with Gasteiger partial charge in [0.25, 0.3) is 11.8 Å². The lowest BCUT2D eigenvalue weighted by Gasteiger charge is -2.21. The average Bonchev–Trinajstić information content (AvgIpc) is 2.98. The van der Waals surface area contributed by atoms with Crippen molar-refractivity contribution < 1.29 is 19.1 Å². The van der Waals surface area contributed by atoms with Crippen molar-refractivity contribution in [1.29, 1.82) is 0 Å². The van der Waals surface area contributed by atoms with Gasteiger partial charge in [0.1, 0.15) is 24.1 Å². The molecule has 0 heterocycles. The number of hydrogen-bond acceptors (Lipinski definition) is 5. The van der Waals surface area contributed by atoms with Crippen LogP contribution in [0.2, 0.25) is 10.0 Å². The maximum Gasteiger partial charge on any atom is 0.262 e. The smallest absolute Gasteiger partial charge is 0.262 e. The van der Waals surface area contributed by atoms with Gasteiger partial charge in [-0.3, -0.25) is 9.59 Å². The van der Waals surface area contributed by atoms with Crippen molar-refractivity contribution >= 4 is 57.2 Å². The Hall–Kier alpha value is -3.85. The molecule has 0 saturated carbocycles. The first-order valence-corrected chi connectivity index (χ1v) is 14.6. The highest BCUT2D eigenvalue weighted by Crippen LogP contribution is 2.28. The number of benzene rings is 4. The fraction of sp³-hybridized carbons (Fsp3) is 0.156. The minimum Gasteiger partial charge on any atom is -0.488 e. The van der Waals surface area contributed by atoms with Crippen molar-refractivity contribution in [2.75, 3.05) is 0 Å². The monoisotopic (exact) mass is 667 g/mol. The standard InChI is InChI=1S/C32H28BrCl2N3O4/c1-21(42-30-15-13-25(34)18-27(30)35)31(39)37-28(17-22-8-4-2-5-9-22)32(40)38-36-19-24-12-14-29(26(33)16-24)41-20-23-10-6-3-7-11-23/h2-16,18-19,21,28H,17,20H2,1H3,(H,37,39)(H,38,40)/b36-19-/t21-,28-/m0/s1. The number of carbonyl (C=O) groups is 2. The second-order valence-electron chi connectivity index (χ2n) is 9.28. The summed E-state index contributed by atoms with van der Waals surface area (Å²) >= 11 is 15.6. The molecule has 0 aromatic heterocycles. The summed E-state index contributed by atoms with van der Waals surface area (Å²) in [5.74, 6) is 0.0140. The molecule has 0 unspecified atom stereocenters. The first-order chi connectivity index (χ1) is 20.3. The number of nitrogens with zero attached hydrogens (tertiary/aromatic N) is 1. The van der Waals surface area contributed by atoms with Crippen LogP contribution in [0.1, 0.15) is 23.6 Å². The van der Waals surface area contributed by atoms with E-state index in [0.717, 1.165) is 21.2 Å². The number of amides is 2. The third kappa shape index (κ3) is 9.34. The molecule has 0 aliphatic carbocycles. The van der Waals surface area contributed by atoms with E-state index < -0.39 is 24.0 Å². The van der Waals surface area contributed by atoms with Crippen LogP contribution in [0, 0.1) is 0 Å². The van der Waals surface area contributed by atoms with Crippen LogP contribution in [0.5, 0.6) is 11.5 Å². The molecule has 216 valence electrons. The Bertz CT molecular complexity index is 1540. The number of rotatable bonds is 12. The molecule has 0 spiro atoms. The summed E-state index contributed by atoms with van der Waals surface area (Å²) in [5.41, 5.74) is 5.20. The van der Waals surface area contributed by atoms with Crippen LogP contribution in [0.25, 0.3) is 0 Å². The summed E-state index contributed by atoms with van der Waals surface area (Å²) in [6, 6.07) is 28.5. The molecule has 4 aromatic rings. The number of carbonyl (C=O) groups excluding carboxylic acids is 2. The Morgan fingerprint density at radius 2 is 1.55 bits per heavy atom. The van der Waals surface area contributed by atoms with Gasteiger partial charge in [0.05, 0.1) is 15.7 Å². The fourth-order valence-corrected chi connectivity index (χ4v) is 4.83. The number of hydrogen-bond donors (Lipinski definition) is 2. The molecule has 0 radical (unpaired) electrons. The normalized spacial score (nSPS) is 12.4. The van der Waals surface area contributed by atoms with E-state index in [0.29, 0.717) is 23.1 Å². The number of nitrogens with one attached hydrogen (secondary N) is 2. The maximum absolute atomic E-state index is 13.1. The van der Waals surface area contributed by atoms with Gasteiger partial charge in [0.2, 0.25) is 0 Å². The number of halogens is 3. The lowest BCUT2D eigenvalue weighted by Crippen LogP contribution is -2.50. The van der Waals surface area contributed by atoms with Gasteiger partial charge in [-0.05, 0) is 75.9 Å². The van der Waals surface area contributed by atoms with Crippen molar-refractivity contribution in [3.05, 3.63) is 128 Å². The summed E-state index contributed by atoms with van der Waals surface area (Å²) in [7, 11) is 0. The van der Waals surface area contributed by atoms with E-state index in [2.05, 4.69) is 31.8 Å². The third-order valence-electron chi connectivity index (χ3n) is 6.06. The van der Waals surface area contributed by atoms with Gasteiger partial charge >= 0.3 is 0 Å². The molecule has 0 saturated heterocycles. The Kier molecular flexibility index (Phi) is 11.4. The average molecular weight is 669 g/mol. The molecule has 0 fully saturated rings. The summed E-state index contributed by atoms with van der Waals surface area (Å²) in [4.78, 5) is 26.1. The lowest BCUT2D eigenvalue weighted by molar-refractivity contribution is -0.132. The topological polar surface area (TPSA) is 89.0 Å². The van der Waals surface area contributed by atoms with Gasteiger partial charge in [-0.2, -0.15) is 5.10 Å². The second kappa shape index (κ2) is 15.4. The zero-order valence-corrected chi connectivity index (χ0v) is 25.7. The van der Waals surface area contributed by atoms with Crippen molar-refractivity contribution in [3.63, 3.8) is 0 Å². The third-order valence-corrected chi connectivity index (χ3v) is 7.21. The summed E-state index contributed by atoms with van der Waals surface area (Å²) < 4.78 is 12.4. The Balaban J connectivity index is 1.38. The van der Waals surface area contributed by atoms with Crippen LogP contribution in [0.4, 0.5) is 0 Å². The Morgan fingerprint density at radius 3 is 2.21 bits per heavy atom. The van der Waals surface area contributed by atoms with Gasteiger partial charge in [0, 0.05) is 11.4 Å². The van der Waals surface area contributed by atoms with E-state index in [1.165, 1.54) is 12.3 Å². The van der Waals surface area contributed by atoms with E-state index in [4.69, 9.17) is 32.7 Å². The van der Waals surface area contributed by atoms with Crippen molar-refractivity contribution in [2.24, 2.45) is 5.10 Å². The molecular formula is C32H28BrCl2N3O4. The number of hydrazone groups is 1. The molecule has 42 heavy (non-hydrogen) atoms. The first kappa shape index (κ1) is 31.1. The highest BCUT2D eigenvalue weighted by atomic mass is 79.9. The molecule has 0 aliphatic rings. The van der Waals surface area contributed by atoms with Crippen LogP contribution in [0.15, 0.2) is 107 Å². The molecule has 4 aromatic carbocycles. The summed E-state index contributed by atoms with van der Waals surface area (Å²) in [6.45, 7) is 2.01. The van der Waals surface area contributed by atoms with Gasteiger partial charge < -0.3 is 14.8 Å². The van der Waals surface area contributed by atoms with Crippen molar-refractivity contribution in [2.45, 2.75) is 32.1 Å². The first-order valence-electron chi connectivity index (χ1n) is 13.0. The predicted octanol–water partition coefficient (Wildman–Crippen LogP) is 6.98. The Morgan fingerprint density at radius 1 is 0.881 bits per heavy atom. The summed E-state index contributed by atoms with van der Waals surface area (Å²) in [5, 5.41) is 7.60. The minimum absolute atomic E-state index is 0.251. The van der Waals surface area contributed by atoms with Crippen LogP contribution in [0.3, 0.4) is 0 Å². The van der Waals surface area contributed by atoms with E-state index >= 15 is 0 Å². The quantitative estimate of drug-likeness (QED) is 0.126. The Labute approximate surface area is 263 Å². The minimum atomic E-state index is -0.932. The van der Waals surface area contributed by atoms with Crippen molar-refractivity contribution in [1.82, 2.24) is 10.7 Å². The molecule has 10 heteroatoms. The highest BCUT2D eigenvalue weighted by molar-refractivity contribution is 9.10. The van der Waals surface area contributed by atoms with Crippen LogP contribution >= 0.6 is 39.1 Å². The zero-order valence-electron chi connectivity index (χ0n) is 22.6. The summed E-state index contributed by atoms with van der Waals surface area (Å²) in [6.07, 6.45) is 0.832. The lowest BCUT2D eigenvalue weighted by atomic mass is 10.1. The highest BCUT2D eigenvalue weighted by Gasteiger charge is 2.25. The molecule has 4 rings (SSSR count). The molecule has 7 nitrogen and oxygen atoms in total. The van der Waals surface area contributed by atoms with E-state index in [1.807, 2.05) is 78.9 Å². The molecular weight excluding hydrogens is 641 g/mol. The SMILES string of the molecule is C[C@H](Oc1ccc(Cl)cc1Cl)C(=O)N[C@@H](Cc1ccccc1)C(=O)N/N=C\c1ccc(OCc2ccccc2)c(Br)c1. The van der Waals surface area contributed by atoms with Crippen LogP contribution in [-0.2, 0) is 22.6 Å². The van der Waals surface area contributed by atoms with E-state index in [9.17, 15) is 9.59 Å². The van der Waals surface area contributed by atoms with E-state index in [1.54, 1.807) is 19.1 Å². The molecule has 0 aliphatic heterocycles. The predicted molar refractivity (Wildman–Crippen MR) is 169 cm³/mol. The van der Waals surface area contributed by atoms with Gasteiger partial charge in [0.15, 0.2) is 6.10 Å². The zero-order chi connectivity index (χ0) is 29.9. The molecule has 2 N–H and O–H groups in total. The maximum atomic E-state index is 13.1. The van der Waals surface area contributed by atoms with Crippen LogP contribution in [-0.4, -0.2) is 30.2 Å². The van der Waals surface area contributed by atoms with Gasteiger partial charge in [-0.1, -0.05) is 83.9 Å². The largest absolute Gasteiger partial charge is 0.488 e. The molecule has 2 amide bonds. The van der Waals surface area contributed by atoms with Crippen molar-refractivity contribution in [3.8, 4) is 11.5 Å². The van der Waals surface area contributed by atoms with Crippen LogP contribution < -0.4 is 20.2 Å². The van der Waals surface area contributed by atoms with Gasteiger partial charge in [-0.25, -0.2) is 5.43 Å². The number of ether oxygens (including phenoxy) is 2. The molecule has 2 atom stereocenters. The second-order valence-corrected chi connectivity index (χ2v) is 11.0.